The van der Waals surface area contributed by atoms with Crippen LogP contribution in [0.1, 0.15) is 102 Å². The molecule has 8 aromatic carbocycles. The van der Waals surface area contributed by atoms with Gasteiger partial charge in [0.05, 0.1) is 89.8 Å². The van der Waals surface area contributed by atoms with Crippen molar-refractivity contribution in [3.8, 4) is 17.6 Å². The predicted octanol–water partition coefficient (Wildman–Crippen LogP) is 12.0. The van der Waals surface area contributed by atoms with E-state index in [9.17, 15) is 29.2 Å². The van der Waals surface area contributed by atoms with Gasteiger partial charge >= 0.3 is 0 Å². The van der Waals surface area contributed by atoms with Crippen molar-refractivity contribution in [3.05, 3.63) is 179 Å². The third-order valence-corrected chi connectivity index (χ3v) is 19.0. The summed E-state index contributed by atoms with van der Waals surface area (Å²) >= 11 is 0. The van der Waals surface area contributed by atoms with Crippen molar-refractivity contribution in [2.75, 3.05) is 14.2 Å². The molecule has 0 spiro atoms. The number of hydrogen-bond donors (Lipinski definition) is 1. The van der Waals surface area contributed by atoms with Crippen LogP contribution < -0.4 is 15.2 Å². The Kier molecular flexibility index (Phi) is 9.31. The number of fused-ring (bicyclic) bond motifs is 26. The van der Waals surface area contributed by atoms with Crippen LogP contribution in [0.25, 0.3) is 87.2 Å². The quantitative estimate of drug-likeness (QED) is 0.159. The first-order valence-corrected chi connectivity index (χ1v) is 27.7. The number of nitriles is 1. The first kappa shape index (κ1) is 46.8. The van der Waals surface area contributed by atoms with Crippen molar-refractivity contribution in [2.45, 2.75) is 68.5 Å². The standard InChI is InChI=1S/C34H25N5O3.C33H23N3O4/c1-42-20-12-10-18(11-13-20)16-37-32(40)28-26-21-6-2-4-8-23(21)38-19-14-25(34(36,15-19)17-35)39-24-9-5-3-7-22(24)27(29(28)33(37)41)31(39)30(26)38;1-40-19-12-10-17(11-13-19)16-34-32(38)28-26-20-6-2-4-8-22(20)35-18-14-24(25(37)15-18)36-23-9-5-3-7-21(23)27(29(28)33(34)39)31(36)30(26)35/h2-13,19,25H,14-16,36H2,1H3;2-13,18,24H,14-16H2,1H3/t19?,25?,34-;/m1./s1. The van der Waals surface area contributed by atoms with Gasteiger partial charge in [0, 0.05) is 90.1 Å². The summed E-state index contributed by atoms with van der Waals surface area (Å²) in [6, 6.07) is 48.8. The van der Waals surface area contributed by atoms with Crippen molar-refractivity contribution in [1.82, 2.24) is 28.1 Å². The van der Waals surface area contributed by atoms with Crippen molar-refractivity contribution < 1.29 is 33.4 Å². The molecular weight excluding hydrogens is 1030 g/mol. The lowest BCUT2D eigenvalue weighted by Crippen LogP contribution is -2.43. The maximum Gasteiger partial charge on any atom is 0.262 e. The third kappa shape index (κ3) is 5.78. The number of aromatic nitrogens is 4. The fourth-order valence-electron chi connectivity index (χ4n) is 15.6. The van der Waals surface area contributed by atoms with Crippen molar-refractivity contribution in [2.24, 2.45) is 5.73 Å². The summed E-state index contributed by atoms with van der Waals surface area (Å²) in [5.41, 5.74) is 16.8. The highest BCUT2D eigenvalue weighted by Crippen LogP contribution is 2.57. The largest absolute Gasteiger partial charge is 0.497 e. The summed E-state index contributed by atoms with van der Waals surface area (Å²) in [6.45, 7) is 0.322. The van der Waals surface area contributed by atoms with Crippen LogP contribution in [0.4, 0.5) is 0 Å². The van der Waals surface area contributed by atoms with E-state index in [0.29, 0.717) is 59.4 Å². The molecule has 2 saturated carbocycles. The van der Waals surface area contributed by atoms with Gasteiger partial charge in [0.2, 0.25) is 0 Å². The Hall–Kier alpha value is -10.0. The molecule has 2 N–H and O–H groups in total. The second-order valence-electron chi connectivity index (χ2n) is 22.9. The molecule has 4 amide bonds. The molecule has 0 saturated heterocycles. The number of imide groups is 2. The molecule has 15 heteroatoms. The van der Waals surface area contributed by atoms with Crippen LogP contribution in [0.3, 0.4) is 0 Å². The van der Waals surface area contributed by atoms with Gasteiger partial charge in [-0.05, 0) is 72.5 Å². The number of amides is 4. The van der Waals surface area contributed by atoms with Gasteiger partial charge in [0.1, 0.15) is 17.0 Å². The highest BCUT2D eigenvalue weighted by atomic mass is 16.5. The smallest absolute Gasteiger partial charge is 0.262 e. The molecule has 12 aromatic rings. The van der Waals surface area contributed by atoms with E-state index in [1.165, 1.54) is 9.80 Å². The van der Waals surface area contributed by atoms with Crippen LogP contribution in [0.5, 0.6) is 11.5 Å². The van der Waals surface area contributed by atoms with E-state index in [0.717, 1.165) is 98.4 Å². The van der Waals surface area contributed by atoms with Crippen LogP contribution in [0, 0.1) is 11.3 Å². The van der Waals surface area contributed by atoms with E-state index in [4.69, 9.17) is 15.2 Å². The molecule has 4 unspecified atom stereocenters. The molecule has 5 atom stereocenters. The number of ketones is 1. The molecule has 4 aromatic heterocycles. The van der Waals surface area contributed by atoms with Crippen LogP contribution >= 0.6 is 0 Å². The highest BCUT2D eigenvalue weighted by molar-refractivity contribution is 6.41. The van der Waals surface area contributed by atoms with Gasteiger partial charge in [-0.25, -0.2) is 0 Å². The van der Waals surface area contributed by atoms with E-state index < -0.39 is 5.54 Å². The SMILES string of the molecule is COc1ccc(CN2C(=O)c3c(c4c5ccccc5n5c4c4c3c3ccccc3n4C3CC(=O)C5C3)C2=O)cc1.COc1ccc(CN2C(=O)c3c(c4c5ccccc5n5c4c4c3c3ccccc3n4C3CC5[C@](N)(C#N)C3)C2=O)cc1. The third-order valence-electron chi connectivity index (χ3n) is 19.0. The van der Waals surface area contributed by atoms with Crippen molar-refractivity contribution in [1.29, 1.82) is 5.26 Å². The molecule has 4 bridgehead atoms. The number of ether oxygens (including phenoxy) is 2. The summed E-state index contributed by atoms with van der Waals surface area (Å²) < 4.78 is 19.6. The van der Waals surface area contributed by atoms with Gasteiger partial charge in [-0.2, -0.15) is 5.26 Å². The lowest BCUT2D eigenvalue weighted by atomic mass is 9.94. The number of nitrogens with zero attached hydrogens (tertiary/aromatic N) is 7. The number of hydrogen-bond acceptors (Lipinski definition) is 9. The van der Waals surface area contributed by atoms with Crippen molar-refractivity contribution >= 4 is 117 Å². The number of carbonyl (C=O) groups is 5. The minimum Gasteiger partial charge on any atom is -0.497 e. The molecular formula is C67H48N8O7. The minimum atomic E-state index is -1.08. The summed E-state index contributed by atoms with van der Waals surface area (Å²) in [4.78, 5) is 73.6. The molecule has 8 heterocycles. The number of para-hydroxylation sites is 4. The number of nitrogens with two attached hydrogens (primary N) is 1. The molecule has 0 radical (unpaired) electrons. The first-order chi connectivity index (χ1) is 40.0. The number of methoxy groups -OCH3 is 2. The lowest BCUT2D eigenvalue weighted by Gasteiger charge is -2.27. The van der Waals surface area contributed by atoms with Gasteiger partial charge in [0.25, 0.3) is 23.6 Å². The van der Waals surface area contributed by atoms with E-state index in [1.54, 1.807) is 14.2 Å². The molecule has 15 nitrogen and oxygen atoms in total. The molecule has 4 aliphatic heterocycles. The zero-order valence-corrected chi connectivity index (χ0v) is 44.5. The van der Waals surface area contributed by atoms with Gasteiger partial charge in [0.15, 0.2) is 5.78 Å². The zero-order valence-electron chi connectivity index (χ0n) is 44.5. The average Bonchev–Trinajstić information content (AvgIpc) is 1.84. The molecule has 6 aliphatic rings. The van der Waals surface area contributed by atoms with Crippen LogP contribution in [0.15, 0.2) is 146 Å². The zero-order chi connectivity index (χ0) is 55.4. The Bertz CT molecular complexity index is 5040. The van der Waals surface area contributed by atoms with Crippen molar-refractivity contribution in [3.63, 3.8) is 0 Å². The number of Topliss-reactive ketones (excluding diaryl/α,β-unsaturated/α-hetero) is 1. The predicted molar refractivity (Wildman–Crippen MR) is 311 cm³/mol. The molecule has 398 valence electrons. The topological polar surface area (TPSA) is 180 Å². The minimum absolute atomic E-state index is 0.00224. The maximum atomic E-state index is 14.4. The Morgan fingerprint density at radius 3 is 1.27 bits per heavy atom. The normalized spacial score (nSPS) is 21.1. The first-order valence-electron chi connectivity index (χ1n) is 27.7. The summed E-state index contributed by atoms with van der Waals surface area (Å²) in [5, 5.41) is 17.2. The van der Waals surface area contributed by atoms with Gasteiger partial charge in [-0.3, -0.25) is 33.8 Å². The highest BCUT2D eigenvalue weighted by Gasteiger charge is 2.53. The van der Waals surface area contributed by atoms with Gasteiger partial charge in [-0.1, -0.05) is 97.1 Å². The number of rotatable bonds is 6. The fraction of sp³-hybridized carbons (Fsp3) is 0.194. The van der Waals surface area contributed by atoms with E-state index in [1.807, 2.05) is 133 Å². The van der Waals surface area contributed by atoms with Gasteiger partial charge in [-0.15, -0.1) is 0 Å². The summed E-state index contributed by atoms with van der Waals surface area (Å²) in [6.07, 6.45) is 2.35. The molecule has 2 aliphatic carbocycles. The second-order valence-corrected chi connectivity index (χ2v) is 22.9. The Morgan fingerprint density at radius 2 is 0.854 bits per heavy atom. The van der Waals surface area contributed by atoms with E-state index in [-0.39, 0.29) is 66.7 Å². The number of benzene rings is 8. The molecule has 82 heavy (non-hydrogen) atoms. The van der Waals surface area contributed by atoms with E-state index >= 15 is 0 Å². The molecule has 2 fully saturated rings. The van der Waals surface area contributed by atoms with Crippen LogP contribution in [-0.4, -0.2) is 77.2 Å². The fourth-order valence-corrected chi connectivity index (χ4v) is 15.6. The summed E-state index contributed by atoms with van der Waals surface area (Å²) in [5.74, 6) is 0.485. The Balaban J connectivity index is 0.000000130. The Labute approximate surface area is 466 Å². The molecule has 18 rings (SSSR count). The number of carbonyl (C=O) groups excluding carboxylic acids is 5. The van der Waals surface area contributed by atoms with E-state index in [2.05, 4.69) is 36.5 Å². The lowest BCUT2D eigenvalue weighted by molar-refractivity contribution is -0.120. The Morgan fingerprint density at radius 1 is 0.488 bits per heavy atom. The van der Waals surface area contributed by atoms with Crippen LogP contribution in [0.2, 0.25) is 0 Å². The monoisotopic (exact) mass is 1080 g/mol. The van der Waals surface area contributed by atoms with Gasteiger partial charge < -0.3 is 33.5 Å². The van der Waals surface area contributed by atoms with Crippen LogP contribution in [-0.2, 0) is 17.9 Å². The summed E-state index contributed by atoms with van der Waals surface area (Å²) in [7, 11) is 3.21. The average molecular weight is 1080 g/mol. The maximum absolute atomic E-state index is 14.4. The second kappa shape index (κ2) is 16.3.